The van der Waals surface area contributed by atoms with E-state index in [0.29, 0.717) is 36.8 Å². The number of hydrogen-bond acceptors (Lipinski definition) is 5. The SMILES string of the molecule is CC(=O)N1c2ccc(S(=O)(=O)Nc3ccc4c(c3)OCCO4)cc2CC1C. The molecule has 0 bridgehead atoms. The quantitative estimate of drug-likeness (QED) is 0.874. The van der Waals surface area contributed by atoms with E-state index in [1.807, 2.05) is 6.92 Å². The summed E-state index contributed by atoms with van der Waals surface area (Å²) in [5.74, 6) is 1.06. The maximum absolute atomic E-state index is 12.8. The molecule has 0 spiro atoms. The van der Waals surface area contributed by atoms with Crippen LogP contribution in [0.1, 0.15) is 19.4 Å². The standard InChI is InChI=1S/C19H20N2O5S/c1-12-9-14-10-16(4-5-17(14)21(12)13(2)22)27(23,24)20-15-3-6-18-19(11-15)26-8-7-25-18/h3-6,10-12,20H,7-9H2,1-2H3. The van der Waals surface area contributed by atoms with E-state index in [4.69, 9.17) is 9.47 Å². The van der Waals surface area contributed by atoms with Crippen LogP contribution in [0.4, 0.5) is 11.4 Å². The monoisotopic (exact) mass is 388 g/mol. The highest BCUT2D eigenvalue weighted by molar-refractivity contribution is 7.92. The van der Waals surface area contributed by atoms with Gasteiger partial charge in [-0.15, -0.1) is 0 Å². The van der Waals surface area contributed by atoms with E-state index < -0.39 is 10.0 Å². The minimum atomic E-state index is -3.77. The molecule has 0 radical (unpaired) electrons. The number of nitrogens with zero attached hydrogens (tertiary/aromatic N) is 1. The van der Waals surface area contributed by atoms with Crippen LogP contribution >= 0.6 is 0 Å². The summed E-state index contributed by atoms with van der Waals surface area (Å²) < 4.78 is 39.1. The fraction of sp³-hybridized carbons (Fsp3) is 0.316. The summed E-state index contributed by atoms with van der Waals surface area (Å²) in [5, 5.41) is 0. The molecule has 142 valence electrons. The van der Waals surface area contributed by atoms with Gasteiger partial charge in [-0.1, -0.05) is 0 Å². The van der Waals surface area contributed by atoms with Crippen molar-refractivity contribution < 1.29 is 22.7 Å². The molecule has 7 nitrogen and oxygen atoms in total. The number of nitrogens with one attached hydrogen (secondary N) is 1. The first-order chi connectivity index (χ1) is 12.8. The van der Waals surface area contributed by atoms with E-state index in [2.05, 4.69) is 4.72 Å². The topological polar surface area (TPSA) is 84.9 Å². The van der Waals surface area contributed by atoms with Gasteiger partial charge in [0, 0.05) is 24.7 Å². The highest BCUT2D eigenvalue weighted by atomic mass is 32.2. The normalized spacial score (nSPS) is 18.1. The van der Waals surface area contributed by atoms with E-state index in [0.717, 1.165) is 11.3 Å². The molecule has 0 aromatic heterocycles. The summed E-state index contributed by atoms with van der Waals surface area (Å²) in [7, 11) is -3.77. The molecular formula is C19H20N2O5S. The zero-order valence-electron chi connectivity index (χ0n) is 15.1. The molecule has 8 heteroatoms. The molecule has 1 unspecified atom stereocenters. The van der Waals surface area contributed by atoms with Crippen LogP contribution in [0.2, 0.25) is 0 Å². The Labute approximate surface area is 157 Å². The van der Waals surface area contributed by atoms with Gasteiger partial charge in [0.1, 0.15) is 13.2 Å². The molecule has 1 N–H and O–H groups in total. The lowest BCUT2D eigenvalue weighted by atomic mass is 10.1. The lowest BCUT2D eigenvalue weighted by Crippen LogP contribution is -2.33. The van der Waals surface area contributed by atoms with Crippen molar-refractivity contribution in [3.8, 4) is 11.5 Å². The molecule has 2 aromatic rings. The van der Waals surface area contributed by atoms with E-state index in [1.165, 1.54) is 13.0 Å². The predicted molar refractivity (Wildman–Crippen MR) is 101 cm³/mol. The molecule has 0 fully saturated rings. The predicted octanol–water partition coefficient (Wildman–Crippen LogP) is 2.56. The highest BCUT2D eigenvalue weighted by Crippen LogP contribution is 2.36. The van der Waals surface area contributed by atoms with Crippen LogP contribution in [0.25, 0.3) is 0 Å². The van der Waals surface area contributed by atoms with Crippen molar-refractivity contribution in [3.63, 3.8) is 0 Å². The fourth-order valence-corrected chi connectivity index (χ4v) is 4.68. The van der Waals surface area contributed by atoms with Crippen molar-refractivity contribution in [1.29, 1.82) is 0 Å². The third-order valence-corrected chi connectivity index (χ3v) is 6.09. The second kappa shape index (κ2) is 6.45. The molecule has 0 saturated carbocycles. The van der Waals surface area contributed by atoms with Crippen LogP contribution in [0.15, 0.2) is 41.3 Å². The van der Waals surface area contributed by atoms with Gasteiger partial charge < -0.3 is 14.4 Å². The molecule has 0 saturated heterocycles. The minimum Gasteiger partial charge on any atom is -0.486 e. The van der Waals surface area contributed by atoms with Gasteiger partial charge in [-0.05, 0) is 49.2 Å². The van der Waals surface area contributed by atoms with Crippen molar-refractivity contribution in [2.75, 3.05) is 22.8 Å². The van der Waals surface area contributed by atoms with Gasteiger partial charge in [0.25, 0.3) is 10.0 Å². The second-order valence-corrected chi connectivity index (χ2v) is 8.38. The summed E-state index contributed by atoms with van der Waals surface area (Å²) in [6.45, 7) is 4.37. The summed E-state index contributed by atoms with van der Waals surface area (Å²) in [4.78, 5) is 13.7. The number of fused-ring (bicyclic) bond motifs is 2. The van der Waals surface area contributed by atoms with Gasteiger partial charge >= 0.3 is 0 Å². The lowest BCUT2D eigenvalue weighted by molar-refractivity contribution is -0.116. The third kappa shape index (κ3) is 3.21. The van der Waals surface area contributed by atoms with Gasteiger partial charge in [0.05, 0.1) is 10.6 Å². The average Bonchev–Trinajstić information content (AvgIpc) is 2.96. The number of amides is 1. The Kier molecular flexibility index (Phi) is 4.22. The van der Waals surface area contributed by atoms with Crippen molar-refractivity contribution in [2.24, 2.45) is 0 Å². The molecule has 2 heterocycles. The minimum absolute atomic E-state index is 0.0150. The first-order valence-electron chi connectivity index (χ1n) is 8.70. The molecule has 0 aliphatic carbocycles. The summed E-state index contributed by atoms with van der Waals surface area (Å²) in [6, 6.07) is 9.79. The number of carbonyl (C=O) groups is 1. The first kappa shape index (κ1) is 17.7. The average molecular weight is 388 g/mol. The number of carbonyl (C=O) groups excluding carboxylic acids is 1. The Morgan fingerprint density at radius 2 is 1.85 bits per heavy atom. The molecule has 4 rings (SSSR count). The Bertz CT molecular complexity index is 1020. The molecule has 2 aliphatic rings. The molecule has 2 aliphatic heterocycles. The first-order valence-corrected chi connectivity index (χ1v) is 10.2. The zero-order valence-corrected chi connectivity index (χ0v) is 15.9. The number of sulfonamides is 1. The van der Waals surface area contributed by atoms with Crippen LogP contribution < -0.4 is 19.1 Å². The van der Waals surface area contributed by atoms with Gasteiger partial charge in [-0.2, -0.15) is 0 Å². The summed E-state index contributed by atoms with van der Waals surface area (Å²) in [6.07, 6.45) is 0.627. The Morgan fingerprint density at radius 3 is 2.59 bits per heavy atom. The van der Waals surface area contributed by atoms with Gasteiger partial charge in [-0.25, -0.2) is 8.42 Å². The smallest absolute Gasteiger partial charge is 0.261 e. The van der Waals surface area contributed by atoms with Crippen molar-refractivity contribution in [3.05, 3.63) is 42.0 Å². The van der Waals surface area contributed by atoms with Crippen molar-refractivity contribution >= 4 is 27.3 Å². The zero-order chi connectivity index (χ0) is 19.2. The van der Waals surface area contributed by atoms with E-state index in [-0.39, 0.29) is 16.8 Å². The van der Waals surface area contributed by atoms with Crippen LogP contribution in [0, 0.1) is 0 Å². The van der Waals surface area contributed by atoms with Crippen LogP contribution in [-0.2, 0) is 21.2 Å². The Morgan fingerprint density at radius 1 is 1.11 bits per heavy atom. The number of benzene rings is 2. The number of anilines is 2. The van der Waals surface area contributed by atoms with Gasteiger partial charge in [0.2, 0.25) is 5.91 Å². The second-order valence-electron chi connectivity index (χ2n) is 6.70. The summed E-state index contributed by atoms with van der Waals surface area (Å²) >= 11 is 0. The van der Waals surface area contributed by atoms with E-state index in [9.17, 15) is 13.2 Å². The number of ether oxygens (including phenoxy) is 2. The Balaban J connectivity index is 1.62. The van der Waals surface area contributed by atoms with Crippen LogP contribution in [0.5, 0.6) is 11.5 Å². The van der Waals surface area contributed by atoms with Gasteiger partial charge in [0.15, 0.2) is 11.5 Å². The molecule has 1 amide bonds. The van der Waals surface area contributed by atoms with Gasteiger partial charge in [-0.3, -0.25) is 9.52 Å². The van der Waals surface area contributed by atoms with Crippen molar-refractivity contribution in [1.82, 2.24) is 0 Å². The third-order valence-electron chi connectivity index (χ3n) is 4.71. The number of rotatable bonds is 3. The fourth-order valence-electron chi connectivity index (χ4n) is 3.58. The van der Waals surface area contributed by atoms with E-state index >= 15 is 0 Å². The maximum atomic E-state index is 12.8. The number of hydrogen-bond donors (Lipinski definition) is 1. The van der Waals surface area contributed by atoms with Crippen molar-refractivity contribution in [2.45, 2.75) is 31.2 Å². The molecular weight excluding hydrogens is 368 g/mol. The Hall–Kier alpha value is -2.74. The van der Waals surface area contributed by atoms with E-state index in [1.54, 1.807) is 35.2 Å². The molecule has 1 atom stereocenters. The largest absolute Gasteiger partial charge is 0.486 e. The highest BCUT2D eigenvalue weighted by Gasteiger charge is 2.30. The summed E-state index contributed by atoms with van der Waals surface area (Å²) in [5.41, 5.74) is 2.02. The van der Waals surface area contributed by atoms with Crippen LogP contribution in [-0.4, -0.2) is 33.6 Å². The molecule has 2 aromatic carbocycles. The molecule has 27 heavy (non-hydrogen) atoms. The lowest BCUT2D eigenvalue weighted by Gasteiger charge is -2.20. The maximum Gasteiger partial charge on any atom is 0.261 e. The van der Waals surface area contributed by atoms with Crippen LogP contribution in [0.3, 0.4) is 0 Å².